The second-order valence-corrected chi connectivity index (χ2v) is 12.1. The van der Waals surface area contributed by atoms with Crippen LogP contribution in [0.4, 0.5) is 20.2 Å². The monoisotopic (exact) mass is 558 g/mol. The van der Waals surface area contributed by atoms with Crippen LogP contribution in [0.15, 0.2) is 115 Å². The van der Waals surface area contributed by atoms with Crippen molar-refractivity contribution in [2.75, 3.05) is 10.6 Å². The van der Waals surface area contributed by atoms with Crippen molar-refractivity contribution in [1.82, 2.24) is 0 Å². The van der Waals surface area contributed by atoms with Crippen molar-refractivity contribution in [2.24, 2.45) is 11.8 Å². The lowest BCUT2D eigenvalue weighted by Crippen LogP contribution is -2.32. The van der Waals surface area contributed by atoms with Gasteiger partial charge in [0.05, 0.1) is 12.1 Å². The molecule has 2 N–H and O–H groups in total. The van der Waals surface area contributed by atoms with Gasteiger partial charge < -0.3 is 10.6 Å². The number of benzene rings is 4. The normalized spacial score (nSPS) is 26.4. The van der Waals surface area contributed by atoms with Gasteiger partial charge >= 0.3 is 0 Å². The third kappa shape index (κ3) is 5.04. The van der Waals surface area contributed by atoms with Crippen LogP contribution in [0.25, 0.3) is 0 Å². The zero-order valence-corrected chi connectivity index (χ0v) is 23.8. The van der Waals surface area contributed by atoms with Crippen LogP contribution in [0.3, 0.4) is 0 Å². The highest BCUT2D eigenvalue weighted by Gasteiger charge is 2.38. The third-order valence-electron chi connectivity index (χ3n) is 9.46. The first-order chi connectivity index (χ1) is 20.5. The molecule has 2 nitrogen and oxygen atoms in total. The van der Waals surface area contributed by atoms with Crippen LogP contribution in [0.1, 0.15) is 71.0 Å². The number of halogens is 2. The average Bonchev–Trinajstić information content (AvgIpc) is 3.51. The number of aryl methyl sites for hydroxylation is 1. The SMILES string of the molecule is Cc1cccc(C2Nc3ccccc3C3C=CCC32)c1.Fc1cccc(C2Nc3ccc(F)cc3C3C=CCCC32)c1. The number of fused-ring (bicyclic) bond motifs is 6. The summed E-state index contributed by atoms with van der Waals surface area (Å²) < 4.78 is 27.2. The van der Waals surface area contributed by atoms with Gasteiger partial charge in [-0.15, -0.1) is 0 Å². The summed E-state index contributed by atoms with van der Waals surface area (Å²) in [5, 5.41) is 7.27. The van der Waals surface area contributed by atoms with E-state index in [-0.39, 0.29) is 23.6 Å². The van der Waals surface area contributed by atoms with Crippen molar-refractivity contribution in [3.8, 4) is 0 Å². The Balaban J connectivity index is 0.000000138. The summed E-state index contributed by atoms with van der Waals surface area (Å²) in [6.07, 6.45) is 12.3. The molecule has 0 fully saturated rings. The van der Waals surface area contributed by atoms with Gasteiger partial charge in [0, 0.05) is 23.2 Å². The van der Waals surface area contributed by atoms with Crippen LogP contribution in [-0.2, 0) is 0 Å². The van der Waals surface area contributed by atoms with Crippen LogP contribution in [0.5, 0.6) is 0 Å². The summed E-state index contributed by atoms with van der Waals surface area (Å²) in [5.41, 5.74) is 8.42. The number of para-hydroxylation sites is 1. The second kappa shape index (κ2) is 11.2. The van der Waals surface area contributed by atoms with Gasteiger partial charge in [0.2, 0.25) is 0 Å². The molecule has 4 aromatic carbocycles. The Hall–Kier alpha value is -4.18. The maximum atomic E-state index is 13.6. The predicted octanol–water partition coefficient (Wildman–Crippen LogP) is 10.0. The number of nitrogens with one attached hydrogen (secondary N) is 2. The molecule has 8 rings (SSSR count). The predicted molar refractivity (Wildman–Crippen MR) is 168 cm³/mol. The van der Waals surface area contributed by atoms with E-state index in [1.165, 1.54) is 40.9 Å². The Bertz CT molecular complexity index is 1660. The molecule has 6 atom stereocenters. The first kappa shape index (κ1) is 26.7. The molecule has 2 aliphatic heterocycles. The average molecular weight is 559 g/mol. The maximum Gasteiger partial charge on any atom is 0.123 e. The first-order valence-electron chi connectivity index (χ1n) is 15.1. The molecule has 0 saturated carbocycles. The Kier molecular flexibility index (Phi) is 7.15. The fourth-order valence-corrected chi connectivity index (χ4v) is 7.55. The highest BCUT2D eigenvalue weighted by atomic mass is 19.1. The van der Waals surface area contributed by atoms with Crippen LogP contribution in [0, 0.1) is 30.4 Å². The third-order valence-corrected chi connectivity index (χ3v) is 9.46. The zero-order valence-electron chi connectivity index (χ0n) is 23.8. The van der Waals surface area contributed by atoms with E-state index in [4.69, 9.17) is 0 Å². The van der Waals surface area contributed by atoms with E-state index >= 15 is 0 Å². The zero-order chi connectivity index (χ0) is 28.6. The number of anilines is 2. The molecule has 42 heavy (non-hydrogen) atoms. The molecular formula is C38H36F2N2. The lowest BCUT2D eigenvalue weighted by atomic mass is 9.71. The van der Waals surface area contributed by atoms with Crippen LogP contribution >= 0.6 is 0 Å². The van der Waals surface area contributed by atoms with E-state index in [2.05, 4.69) is 90.4 Å². The number of hydrogen-bond donors (Lipinski definition) is 2. The van der Waals surface area contributed by atoms with Crippen molar-refractivity contribution < 1.29 is 8.78 Å². The Morgan fingerprint density at radius 3 is 2.14 bits per heavy atom. The van der Waals surface area contributed by atoms with Gasteiger partial charge in [0.25, 0.3) is 0 Å². The molecule has 2 aliphatic carbocycles. The Morgan fingerprint density at radius 1 is 0.619 bits per heavy atom. The smallest absolute Gasteiger partial charge is 0.123 e. The van der Waals surface area contributed by atoms with Crippen LogP contribution < -0.4 is 10.6 Å². The lowest BCUT2D eigenvalue weighted by molar-refractivity contribution is 0.361. The van der Waals surface area contributed by atoms with Gasteiger partial charge in [0.1, 0.15) is 11.6 Å². The minimum absolute atomic E-state index is 0.0589. The molecule has 0 bridgehead atoms. The lowest BCUT2D eigenvalue weighted by Gasteiger charge is -2.41. The van der Waals surface area contributed by atoms with Crippen molar-refractivity contribution in [2.45, 2.75) is 50.1 Å². The summed E-state index contributed by atoms with van der Waals surface area (Å²) in [5.74, 6) is 1.30. The Morgan fingerprint density at radius 2 is 1.31 bits per heavy atom. The molecule has 0 radical (unpaired) electrons. The highest BCUT2D eigenvalue weighted by Crippen LogP contribution is 2.50. The van der Waals surface area contributed by atoms with Crippen molar-refractivity contribution in [3.05, 3.63) is 155 Å². The molecule has 0 aromatic heterocycles. The standard InChI is InChI=1S/C19H17F2N.C19H19N/c20-13-5-3-4-12(10-13)19-16-7-2-1-6-15(16)17-11-14(21)8-9-18(17)22-19;1-13-6-4-7-14(12-13)19-17-10-5-9-15(17)16-8-2-3-11-18(16)20-19/h1,3-6,8-11,15-16,19,22H,2,7H2;2-9,11-12,15,17,19-20H,10H2,1H3. The molecule has 4 aliphatic rings. The first-order valence-corrected chi connectivity index (χ1v) is 15.1. The van der Waals surface area contributed by atoms with E-state index < -0.39 is 0 Å². The van der Waals surface area contributed by atoms with Gasteiger partial charge in [-0.1, -0.05) is 84.5 Å². The topological polar surface area (TPSA) is 24.1 Å². The van der Waals surface area contributed by atoms with Gasteiger partial charge in [-0.2, -0.15) is 0 Å². The quantitative estimate of drug-likeness (QED) is 0.239. The summed E-state index contributed by atoms with van der Waals surface area (Å²) >= 11 is 0. The number of hydrogen-bond acceptors (Lipinski definition) is 2. The van der Waals surface area contributed by atoms with Crippen molar-refractivity contribution in [1.29, 1.82) is 0 Å². The van der Waals surface area contributed by atoms with Crippen molar-refractivity contribution >= 4 is 11.4 Å². The summed E-state index contributed by atoms with van der Waals surface area (Å²) in [6.45, 7) is 2.17. The molecule has 0 amide bonds. The summed E-state index contributed by atoms with van der Waals surface area (Å²) in [6, 6.07) is 29.8. The van der Waals surface area contributed by atoms with E-state index in [1.807, 2.05) is 6.07 Å². The molecule has 4 aromatic rings. The van der Waals surface area contributed by atoms with Gasteiger partial charge in [-0.3, -0.25) is 0 Å². The maximum absolute atomic E-state index is 13.6. The molecule has 6 unspecified atom stereocenters. The van der Waals surface area contributed by atoms with E-state index in [1.54, 1.807) is 24.3 Å². The molecule has 0 saturated heterocycles. The summed E-state index contributed by atoms with van der Waals surface area (Å²) in [4.78, 5) is 0. The van der Waals surface area contributed by atoms with Crippen LogP contribution in [-0.4, -0.2) is 0 Å². The fourth-order valence-electron chi connectivity index (χ4n) is 7.55. The molecule has 212 valence electrons. The van der Waals surface area contributed by atoms with E-state index in [0.717, 1.165) is 29.7 Å². The molecular weight excluding hydrogens is 522 g/mol. The van der Waals surface area contributed by atoms with Crippen LogP contribution in [0.2, 0.25) is 0 Å². The highest BCUT2D eigenvalue weighted by molar-refractivity contribution is 5.60. The van der Waals surface area contributed by atoms with Gasteiger partial charge in [-0.25, -0.2) is 8.78 Å². The van der Waals surface area contributed by atoms with E-state index in [0.29, 0.717) is 23.8 Å². The molecule has 4 heteroatoms. The largest absolute Gasteiger partial charge is 0.378 e. The molecule has 2 heterocycles. The Labute approximate surface area is 247 Å². The van der Waals surface area contributed by atoms with E-state index in [9.17, 15) is 8.78 Å². The van der Waals surface area contributed by atoms with Gasteiger partial charge in [0.15, 0.2) is 0 Å². The minimum Gasteiger partial charge on any atom is -0.378 e. The second-order valence-electron chi connectivity index (χ2n) is 12.1. The molecule has 0 spiro atoms. The minimum atomic E-state index is -0.216. The van der Waals surface area contributed by atoms with Gasteiger partial charge in [-0.05, 0) is 96.7 Å². The number of allylic oxidation sites excluding steroid dienone is 4. The van der Waals surface area contributed by atoms with Crippen molar-refractivity contribution in [3.63, 3.8) is 0 Å². The number of rotatable bonds is 2. The summed E-state index contributed by atoms with van der Waals surface area (Å²) in [7, 11) is 0. The fraction of sp³-hybridized carbons (Fsp3) is 0.263.